The van der Waals surface area contributed by atoms with Gasteiger partial charge in [0.1, 0.15) is 5.57 Å². The van der Waals surface area contributed by atoms with E-state index in [1.54, 1.807) is 6.08 Å². The number of anilines is 1. The molecule has 0 unspecified atom stereocenters. The highest BCUT2D eigenvalue weighted by Crippen LogP contribution is 2.25. The van der Waals surface area contributed by atoms with Crippen molar-refractivity contribution < 1.29 is 9.59 Å². The number of thiocarbonyl (C=S) groups is 1. The lowest BCUT2D eigenvalue weighted by atomic mass is 10.1. The fraction of sp³-hybridized carbons (Fsp3) is 0.0870. The first kappa shape index (κ1) is 18.8. The summed E-state index contributed by atoms with van der Waals surface area (Å²) in [5.41, 5.74) is 4.41. The molecule has 0 atom stereocenters. The summed E-state index contributed by atoms with van der Waals surface area (Å²) in [5.74, 6) is -0.939. The van der Waals surface area contributed by atoms with Crippen molar-refractivity contribution in [1.82, 2.24) is 9.88 Å². The van der Waals surface area contributed by atoms with Crippen molar-refractivity contribution in [3.8, 4) is 5.69 Å². The van der Waals surface area contributed by atoms with E-state index in [1.807, 2.05) is 85.3 Å². The van der Waals surface area contributed by atoms with Gasteiger partial charge in [0.05, 0.1) is 5.69 Å². The Morgan fingerprint density at radius 1 is 0.931 bits per heavy atom. The number of hydrogen-bond donors (Lipinski definition) is 1. The molecule has 0 radical (unpaired) electrons. The van der Waals surface area contributed by atoms with Crippen LogP contribution in [0, 0.1) is 13.8 Å². The SMILES string of the molecule is Cc1ccc(-n2cccc2/C=C2\C(=O)NC(=S)N(c3ccccc3C)C2=O)cc1. The lowest BCUT2D eigenvalue weighted by molar-refractivity contribution is -0.122. The molecular formula is C23H19N3O2S. The van der Waals surface area contributed by atoms with Crippen LogP contribution < -0.4 is 10.2 Å². The number of amides is 2. The summed E-state index contributed by atoms with van der Waals surface area (Å²) in [7, 11) is 0. The molecule has 1 N–H and O–H groups in total. The molecule has 0 spiro atoms. The number of hydrogen-bond acceptors (Lipinski definition) is 3. The van der Waals surface area contributed by atoms with Gasteiger partial charge in [0, 0.05) is 17.6 Å². The predicted molar refractivity (Wildman–Crippen MR) is 118 cm³/mol. The van der Waals surface area contributed by atoms with Crippen molar-refractivity contribution in [2.75, 3.05) is 4.90 Å². The molecule has 29 heavy (non-hydrogen) atoms. The number of aryl methyl sites for hydroxylation is 2. The third kappa shape index (κ3) is 3.50. The zero-order chi connectivity index (χ0) is 20.5. The third-order valence-electron chi connectivity index (χ3n) is 4.84. The number of nitrogens with zero attached hydrogens (tertiary/aromatic N) is 2. The highest BCUT2D eigenvalue weighted by Gasteiger charge is 2.35. The number of carbonyl (C=O) groups is 2. The molecule has 0 bridgehead atoms. The highest BCUT2D eigenvalue weighted by molar-refractivity contribution is 7.80. The molecular weight excluding hydrogens is 382 g/mol. The Morgan fingerprint density at radius 3 is 2.38 bits per heavy atom. The van der Waals surface area contributed by atoms with E-state index in [0.29, 0.717) is 5.69 Å². The van der Waals surface area contributed by atoms with Gasteiger partial charge in [0.25, 0.3) is 11.8 Å². The van der Waals surface area contributed by atoms with E-state index < -0.39 is 11.8 Å². The molecule has 144 valence electrons. The second-order valence-electron chi connectivity index (χ2n) is 6.88. The van der Waals surface area contributed by atoms with Crippen molar-refractivity contribution in [1.29, 1.82) is 0 Å². The van der Waals surface area contributed by atoms with Crippen LogP contribution in [0.2, 0.25) is 0 Å². The maximum atomic E-state index is 13.2. The minimum atomic E-state index is -0.499. The van der Waals surface area contributed by atoms with Crippen LogP contribution in [-0.2, 0) is 9.59 Å². The van der Waals surface area contributed by atoms with E-state index >= 15 is 0 Å². The highest BCUT2D eigenvalue weighted by atomic mass is 32.1. The van der Waals surface area contributed by atoms with Crippen LogP contribution in [0.3, 0.4) is 0 Å². The van der Waals surface area contributed by atoms with Crippen LogP contribution in [0.1, 0.15) is 16.8 Å². The summed E-state index contributed by atoms with van der Waals surface area (Å²) in [6.45, 7) is 3.92. The van der Waals surface area contributed by atoms with Gasteiger partial charge in [-0.2, -0.15) is 0 Å². The Hall–Kier alpha value is -3.51. The molecule has 1 fully saturated rings. The molecule has 1 saturated heterocycles. The van der Waals surface area contributed by atoms with Gasteiger partial charge in [-0.05, 0) is 68.0 Å². The summed E-state index contributed by atoms with van der Waals surface area (Å²) < 4.78 is 1.93. The van der Waals surface area contributed by atoms with Crippen molar-refractivity contribution in [2.45, 2.75) is 13.8 Å². The zero-order valence-corrected chi connectivity index (χ0v) is 16.9. The topological polar surface area (TPSA) is 54.3 Å². The second kappa shape index (κ2) is 7.48. The van der Waals surface area contributed by atoms with Crippen molar-refractivity contribution in [3.05, 3.63) is 89.3 Å². The molecule has 1 aromatic heterocycles. The molecule has 1 aliphatic heterocycles. The maximum Gasteiger partial charge on any atom is 0.270 e. The predicted octanol–water partition coefficient (Wildman–Crippen LogP) is 3.93. The van der Waals surface area contributed by atoms with Crippen LogP contribution in [0.5, 0.6) is 0 Å². The minimum Gasteiger partial charge on any atom is -0.317 e. The first-order chi connectivity index (χ1) is 14.0. The van der Waals surface area contributed by atoms with Gasteiger partial charge < -0.3 is 4.57 Å². The average Bonchev–Trinajstić information content (AvgIpc) is 3.15. The Labute approximate surface area is 174 Å². The number of rotatable bonds is 3. The van der Waals surface area contributed by atoms with Crippen LogP contribution in [0.25, 0.3) is 11.8 Å². The van der Waals surface area contributed by atoms with Crippen molar-refractivity contribution in [2.24, 2.45) is 0 Å². The molecule has 1 aliphatic rings. The summed E-state index contributed by atoms with van der Waals surface area (Å²) in [6, 6.07) is 19.2. The first-order valence-corrected chi connectivity index (χ1v) is 9.58. The maximum absolute atomic E-state index is 13.2. The van der Waals surface area contributed by atoms with Gasteiger partial charge in [0.2, 0.25) is 0 Å². The number of carbonyl (C=O) groups excluding carboxylic acids is 2. The lowest BCUT2D eigenvalue weighted by Crippen LogP contribution is -2.54. The Balaban J connectivity index is 1.76. The number of aromatic nitrogens is 1. The quantitative estimate of drug-likeness (QED) is 0.411. The number of para-hydroxylation sites is 1. The van der Waals surface area contributed by atoms with Gasteiger partial charge in [0.15, 0.2) is 5.11 Å². The minimum absolute atomic E-state index is 0.0360. The number of nitrogens with one attached hydrogen (secondary N) is 1. The van der Waals surface area contributed by atoms with Crippen molar-refractivity contribution >= 4 is 40.9 Å². The molecule has 2 heterocycles. The van der Waals surface area contributed by atoms with Crippen LogP contribution in [0.15, 0.2) is 72.4 Å². The number of benzene rings is 2. The van der Waals surface area contributed by atoms with Gasteiger partial charge in [-0.3, -0.25) is 19.8 Å². The summed E-state index contributed by atoms with van der Waals surface area (Å²) >= 11 is 5.28. The van der Waals surface area contributed by atoms with E-state index in [9.17, 15) is 9.59 Å². The Morgan fingerprint density at radius 2 is 1.66 bits per heavy atom. The zero-order valence-electron chi connectivity index (χ0n) is 16.0. The second-order valence-corrected chi connectivity index (χ2v) is 7.27. The van der Waals surface area contributed by atoms with Gasteiger partial charge >= 0.3 is 0 Å². The molecule has 4 rings (SSSR count). The lowest BCUT2D eigenvalue weighted by Gasteiger charge is -2.30. The van der Waals surface area contributed by atoms with E-state index in [4.69, 9.17) is 12.2 Å². The molecule has 2 aromatic carbocycles. The molecule has 5 nitrogen and oxygen atoms in total. The Bertz CT molecular complexity index is 1160. The molecule has 3 aromatic rings. The molecule has 6 heteroatoms. The van der Waals surface area contributed by atoms with Crippen LogP contribution in [0.4, 0.5) is 5.69 Å². The van der Waals surface area contributed by atoms with Gasteiger partial charge in [-0.15, -0.1) is 0 Å². The van der Waals surface area contributed by atoms with E-state index in [-0.39, 0.29) is 10.7 Å². The smallest absolute Gasteiger partial charge is 0.270 e. The van der Waals surface area contributed by atoms with Gasteiger partial charge in [-0.1, -0.05) is 35.9 Å². The Kier molecular flexibility index (Phi) is 4.86. The fourth-order valence-corrected chi connectivity index (χ4v) is 3.56. The monoisotopic (exact) mass is 401 g/mol. The van der Waals surface area contributed by atoms with E-state index in [2.05, 4.69) is 5.32 Å². The van der Waals surface area contributed by atoms with Crippen molar-refractivity contribution in [3.63, 3.8) is 0 Å². The summed E-state index contributed by atoms with van der Waals surface area (Å²) in [5, 5.41) is 2.72. The first-order valence-electron chi connectivity index (χ1n) is 9.17. The normalized spacial score (nSPS) is 15.7. The molecule has 2 amide bonds. The largest absolute Gasteiger partial charge is 0.317 e. The fourth-order valence-electron chi connectivity index (χ4n) is 3.29. The van der Waals surface area contributed by atoms with Gasteiger partial charge in [-0.25, -0.2) is 0 Å². The summed E-state index contributed by atoms with van der Waals surface area (Å²) in [4.78, 5) is 27.2. The average molecular weight is 401 g/mol. The third-order valence-corrected chi connectivity index (χ3v) is 5.13. The standard InChI is InChI=1S/C23H19N3O2S/c1-15-9-11-17(12-10-15)25-13-5-7-18(25)14-19-21(27)24-23(29)26(22(19)28)20-8-4-3-6-16(20)2/h3-14H,1-2H3,(H,24,27,29)/b19-14+. The van der Waals surface area contributed by atoms with Crippen LogP contribution in [-0.4, -0.2) is 21.5 Å². The van der Waals surface area contributed by atoms with Crippen LogP contribution >= 0.6 is 12.2 Å². The summed E-state index contributed by atoms with van der Waals surface area (Å²) in [6.07, 6.45) is 3.50. The molecule has 0 aliphatic carbocycles. The molecule has 0 saturated carbocycles. The van der Waals surface area contributed by atoms with E-state index in [1.165, 1.54) is 4.90 Å². The van der Waals surface area contributed by atoms with E-state index in [0.717, 1.165) is 22.5 Å².